The van der Waals surface area contributed by atoms with E-state index in [1.54, 1.807) is 0 Å². The topological polar surface area (TPSA) is 80.0 Å². The molecular formula is C12H18N6OS. The van der Waals surface area contributed by atoms with Crippen LogP contribution >= 0.6 is 11.5 Å². The molecule has 0 saturated carbocycles. The second-order valence-corrected chi connectivity index (χ2v) is 6.16. The van der Waals surface area contributed by atoms with Gasteiger partial charge in [0.25, 0.3) is 5.89 Å². The van der Waals surface area contributed by atoms with Crippen LogP contribution in [0.4, 0.5) is 0 Å². The van der Waals surface area contributed by atoms with Gasteiger partial charge in [0.1, 0.15) is 4.88 Å². The van der Waals surface area contributed by atoms with Gasteiger partial charge in [-0.1, -0.05) is 9.64 Å². The molecule has 0 unspecified atom stereocenters. The smallest absolute Gasteiger partial charge is 0.271 e. The van der Waals surface area contributed by atoms with Gasteiger partial charge in [-0.05, 0) is 32.3 Å². The van der Waals surface area contributed by atoms with Crippen molar-refractivity contribution in [3.05, 3.63) is 11.5 Å². The average molecular weight is 294 g/mol. The van der Waals surface area contributed by atoms with Crippen LogP contribution in [0.1, 0.15) is 25.4 Å². The van der Waals surface area contributed by atoms with Crippen LogP contribution in [0.5, 0.6) is 0 Å². The molecule has 1 aliphatic heterocycles. The molecule has 0 bridgehead atoms. The Kier molecular flexibility index (Phi) is 3.53. The Bertz CT molecular complexity index is 586. The summed E-state index contributed by atoms with van der Waals surface area (Å²) in [6.07, 6.45) is 0. The van der Waals surface area contributed by atoms with Gasteiger partial charge in [-0.15, -0.1) is 5.10 Å². The first-order valence-corrected chi connectivity index (χ1v) is 7.45. The number of piperazine rings is 1. The lowest BCUT2D eigenvalue weighted by atomic mass is 10.0. The van der Waals surface area contributed by atoms with Gasteiger partial charge in [-0.2, -0.15) is 4.98 Å². The maximum Gasteiger partial charge on any atom is 0.271 e. The Balaban J connectivity index is 1.87. The Morgan fingerprint density at radius 2 is 2.05 bits per heavy atom. The van der Waals surface area contributed by atoms with Crippen LogP contribution in [0.2, 0.25) is 0 Å². The Morgan fingerprint density at radius 3 is 2.70 bits per heavy atom. The van der Waals surface area contributed by atoms with E-state index < -0.39 is 0 Å². The highest BCUT2D eigenvalue weighted by atomic mass is 32.1. The zero-order valence-electron chi connectivity index (χ0n) is 11.9. The Labute approximate surface area is 121 Å². The number of rotatable bonds is 3. The number of nitrogens with one attached hydrogen (secondary N) is 1. The van der Waals surface area contributed by atoms with Gasteiger partial charge in [0, 0.05) is 26.2 Å². The minimum absolute atomic E-state index is 0.240. The first kappa shape index (κ1) is 13.6. The maximum atomic E-state index is 5.39. The lowest BCUT2D eigenvalue weighted by Gasteiger charge is -2.38. The van der Waals surface area contributed by atoms with Gasteiger partial charge >= 0.3 is 0 Å². The standard InChI is InChI=1S/C12H18N6OS/c1-8-9(20-17-15-8)10-14-11(16-19-10)12(2,3)18-6-4-13-5-7-18/h13H,4-7H2,1-3H3. The zero-order chi connectivity index (χ0) is 14.2. The average Bonchev–Trinajstić information content (AvgIpc) is 3.08. The van der Waals surface area contributed by atoms with Crippen molar-refractivity contribution in [3.63, 3.8) is 0 Å². The molecule has 108 valence electrons. The molecule has 2 aromatic heterocycles. The molecule has 1 N–H and O–H groups in total. The van der Waals surface area contributed by atoms with E-state index in [0.717, 1.165) is 36.8 Å². The number of nitrogens with zero attached hydrogens (tertiary/aromatic N) is 5. The fraction of sp³-hybridized carbons (Fsp3) is 0.667. The van der Waals surface area contributed by atoms with Crippen LogP contribution in [0, 0.1) is 6.92 Å². The van der Waals surface area contributed by atoms with E-state index >= 15 is 0 Å². The fourth-order valence-electron chi connectivity index (χ4n) is 2.36. The van der Waals surface area contributed by atoms with Crippen molar-refractivity contribution in [2.45, 2.75) is 26.3 Å². The van der Waals surface area contributed by atoms with Gasteiger partial charge in [-0.3, -0.25) is 4.90 Å². The van der Waals surface area contributed by atoms with Gasteiger partial charge in [0.2, 0.25) is 0 Å². The molecular weight excluding hydrogens is 276 g/mol. The molecule has 1 saturated heterocycles. The molecule has 0 amide bonds. The molecule has 1 fully saturated rings. The van der Waals surface area contributed by atoms with E-state index in [4.69, 9.17) is 4.52 Å². The minimum Gasteiger partial charge on any atom is -0.333 e. The van der Waals surface area contributed by atoms with Gasteiger partial charge in [-0.25, -0.2) is 0 Å². The molecule has 2 aromatic rings. The van der Waals surface area contributed by atoms with Crippen molar-refractivity contribution in [2.24, 2.45) is 0 Å². The SMILES string of the molecule is Cc1nnsc1-c1nc(C(C)(C)N2CCNCC2)no1. The van der Waals surface area contributed by atoms with Crippen LogP contribution in [0.25, 0.3) is 10.8 Å². The first-order valence-electron chi connectivity index (χ1n) is 6.68. The first-order chi connectivity index (χ1) is 9.59. The highest BCUT2D eigenvalue weighted by molar-refractivity contribution is 7.09. The number of aryl methyl sites for hydroxylation is 1. The third-order valence-corrected chi connectivity index (χ3v) is 4.54. The van der Waals surface area contributed by atoms with Crippen molar-refractivity contribution in [3.8, 4) is 10.8 Å². The minimum atomic E-state index is -0.240. The summed E-state index contributed by atoms with van der Waals surface area (Å²) < 4.78 is 9.30. The molecule has 20 heavy (non-hydrogen) atoms. The lowest BCUT2D eigenvalue weighted by Crippen LogP contribution is -2.52. The summed E-state index contributed by atoms with van der Waals surface area (Å²) in [7, 11) is 0. The highest BCUT2D eigenvalue weighted by Gasteiger charge is 2.34. The van der Waals surface area contributed by atoms with Crippen molar-refractivity contribution in [1.82, 2.24) is 29.9 Å². The molecule has 0 atom stereocenters. The summed E-state index contributed by atoms with van der Waals surface area (Å²) in [5.74, 6) is 1.22. The molecule has 3 heterocycles. The van der Waals surface area contributed by atoms with Crippen molar-refractivity contribution >= 4 is 11.5 Å². The van der Waals surface area contributed by atoms with Crippen LogP contribution in [0.3, 0.4) is 0 Å². The lowest BCUT2D eigenvalue weighted by molar-refractivity contribution is 0.0925. The molecule has 0 radical (unpaired) electrons. The zero-order valence-corrected chi connectivity index (χ0v) is 12.7. The largest absolute Gasteiger partial charge is 0.333 e. The van der Waals surface area contributed by atoms with E-state index in [9.17, 15) is 0 Å². The predicted octanol–water partition coefficient (Wildman–Crippen LogP) is 1.04. The molecule has 7 nitrogen and oxygen atoms in total. The molecule has 8 heteroatoms. The molecule has 0 aromatic carbocycles. The fourth-order valence-corrected chi connectivity index (χ4v) is 2.94. The summed E-state index contributed by atoms with van der Waals surface area (Å²) >= 11 is 1.28. The third-order valence-electron chi connectivity index (χ3n) is 3.73. The molecule has 1 aliphatic rings. The molecule has 0 spiro atoms. The maximum absolute atomic E-state index is 5.39. The summed E-state index contributed by atoms with van der Waals surface area (Å²) in [5, 5.41) is 11.5. The number of hydrogen-bond donors (Lipinski definition) is 1. The van der Waals surface area contributed by atoms with E-state index in [-0.39, 0.29) is 5.54 Å². The quantitative estimate of drug-likeness (QED) is 0.905. The van der Waals surface area contributed by atoms with Crippen molar-refractivity contribution in [1.29, 1.82) is 0 Å². The van der Waals surface area contributed by atoms with Crippen LogP contribution in [0.15, 0.2) is 4.52 Å². The van der Waals surface area contributed by atoms with Gasteiger partial charge in [0.05, 0.1) is 11.2 Å². The monoisotopic (exact) mass is 294 g/mol. The van der Waals surface area contributed by atoms with E-state index in [0.29, 0.717) is 11.7 Å². The van der Waals surface area contributed by atoms with Crippen LogP contribution < -0.4 is 5.32 Å². The number of hydrogen-bond acceptors (Lipinski definition) is 8. The molecule has 3 rings (SSSR count). The van der Waals surface area contributed by atoms with Crippen LogP contribution in [-0.2, 0) is 5.54 Å². The van der Waals surface area contributed by atoms with Gasteiger partial charge < -0.3 is 9.84 Å². The predicted molar refractivity (Wildman–Crippen MR) is 75.4 cm³/mol. The summed E-state index contributed by atoms with van der Waals surface area (Å²) in [4.78, 5) is 7.77. The Morgan fingerprint density at radius 1 is 1.30 bits per heavy atom. The second-order valence-electron chi connectivity index (χ2n) is 5.41. The highest BCUT2D eigenvalue weighted by Crippen LogP contribution is 2.29. The normalized spacial score (nSPS) is 17.6. The van der Waals surface area contributed by atoms with Crippen LogP contribution in [-0.4, -0.2) is 50.8 Å². The summed E-state index contributed by atoms with van der Waals surface area (Å²) in [5.41, 5.74) is 0.584. The van der Waals surface area contributed by atoms with Gasteiger partial charge in [0.15, 0.2) is 5.82 Å². The summed E-state index contributed by atoms with van der Waals surface area (Å²) in [6.45, 7) is 10.1. The van der Waals surface area contributed by atoms with Crippen molar-refractivity contribution in [2.75, 3.05) is 26.2 Å². The summed E-state index contributed by atoms with van der Waals surface area (Å²) in [6, 6.07) is 0. The number of aromatic nitrogens is 4. The second kappa shape index (κ2) is 5.19. The van der Waals surface area contributed by atoms with E-state index in [2.05, 4.69) is 43.8 Å². The van der Waals surface area contributed by atoms with Crippen molar-refractivity contribution < 1.29 is 4.52 Å². The van der Waals surface area contributed by atoms with E-state index in [1.807, 2.05) is 6.92 Å². The van der Waals surface area contributed by atoms with E-state index in [1.165, 1.54) is 11.5 Å². The molecule has 0 aliphatic carbocycles. The third kappa shape index (κ3) is 2.34. The Hall–Kier alpha value is -1.38.